The van der Waals surface area contributed by atoms with Gasteiger partial charge in [-0.2, -0.15) is 0 Å². The van der Waals surface area contributed by atoms with Gasteiger partial charge in [-0.15, -0.1) is 0 Å². The van der Waals surface area contributed by atoms with Crippen LogP contribution in [-0.2, 0) is 0 Å². The topological polar surface area (TPSA) is 49.5 Å². The molecule has 3 atom stereocenters. The first kappa shape index (κ1) is 12.9. The monoisotopic (exact) mass is 214 g/mol. The predicted molar refractivity (Wildman–Crippen MR) is 63.7 cm³/mol. The zero-order valence-corrected chi connectivity index (χ0v) is 10.4. The first-order valence-corrected chi connectivity index (χ1v) is 6.10. The van der Waals surface area contributed by atoms with E-state index in [-0.39, 0.29) is 12.1 Å². The number of hydrogen-bond acceptors (Lipinski definition) is 3. The van der Waals surface area contributed by atoms with E-state index in [0.29, 0.717) is 6.04 Å². The molecule has 0 aliphatic heterocycles. The van der Waals surface area contributed by atoms with Crippen molar-refractivity contribution in [3.63, 3.8) is 0 Å². The largest absolute Gasteiger partial charge is 0.394 e. The number of nitrogens with two attached hydrogens (primary N) is 1. The van der Waals surface area contributed by atoms with E-state index in [1.54, 1.807) is 0 Å². The zero-order valence-electron chi connectivity index (χ0n) is 10.4. The van der Waals surface area contributed by atoms with Gasteiger partial charge in [-0.3, -0.25) is 0 Å². The molecule has 1 rings (SSSR count). The quantitative estimate of drug-likeness (QED) is 0.723. The third-order valence-electron chi connectivity index (χ3n) is 3.85. The van der Waals surface area contributed by atoms with E-state index in [1.807, 2.05) is 0 Å². The summed E-state index contributed by atoms with van der Waals surface area (Å²) in [5.74, 6) is 0.747. The third kappa shape index (κ3) is 3.44. The van der Waals surface area contributed by atoms with Crippen LogP contribution in [0.15, 0.2) is 0 Å². The molecule has 0 spiro atoms. The Balaban J connectivity index is 2.39. The average molecular weight is 214 g/mol. The molecule has 90 valence electrons. The molecule has 3 N–H and O–H groups in total. The van der Waals surface area contributed by atoms with E-state index in [1.165, 1.54) is 6.42 Å². The minimum Gasteiger partial charge on any atom is -0.394 e. The van der Waals surface area contributed by atoms with E-state index in [2.05, 4.69) is 25.8 Å². The summed E-state index contributed by atoms with van der Waals surface area (Å²) >= 11 is 0. The lowest BCUT2D eigenvalue weighted by Crippen LogP contribution is -2.43. The molecule has 0 aromatic heterocycles. The molecule has 1 fully saturated rings. The smallest absolute Gasteiger partial charge is 0.0611 e. The van der Waals surface area contributed by atoms with Gasteiger partial charge < -0.3 is 15.7 Å². The molecule has 0 amide bonds. The molecule has 0 heterocycles. The first-order chi connectivity index (χ1) is 7.00. The molecular formula is C12H26N2O. The van der Waals surface area contributed by atoms with Crippen molar-refractivity contribution >= 4 is 0 Å². The van der Waals surface area contributed by atoms with Crippen molar-refractivity contribution in [1.29, 1.82) is 0 Å². The van der Waals surface area contributed by atoms with Crippen LogP contribution in [0, 0.1) is 5.92 Å². The summed E-state index contributed by atoms with van der Waals surface area (Å²) in [4.78, 5) is 2.42. The highest BCUT2D eigenvalue weighted by molar-refractivity contribution is 4.96. The van der Waals surface area contributed by atoms with Crippen LogP contribution in [0.2, 0.25) is 0 Å². The summed E-state index contributed by atoms with van der Waals surface area (Å²) in [5, 5.41) is 9.21. The Hall–Kier alpha value is -0.120. The summed E-state index contributed by atoms with van der Waals surface area (Å²) in [6, 6.07) is 0.566. The van der Waals surface area contributed by atoms with Gasteiger partial charge in [-0.1, -0.05) is 20.3 Å². The molecule has 3 nitrogen and oxygen atoms in total. The Kier molecular flexibility index (Phi) is 4.56. The van der Waals surface area contributed by atoms with Gasteiger partial charge in [0, 0.05) is 18.1 Å². The average Bonchev–Trinajstić information content (AvgIpc) is 2.62. The van der Waals surface area contributed by atoms with Crippen molar-refractivity contribution in [2.45, 2.75) is 51.1 Å². The summed E-state index contributed by atoms with van der Waals surface area (Å²) in [7, 11) is 2.18. The highest BCUT2D eigenvalue weighted by atomic mass is 16.3. The number of hydrogen-bond donors (Lipinski definition) is 2. The van der Waals surface area contributed by atoms with E-state index in [9.17, 15) is 5.11 Å². The Bertz CT molecular complexity index is 198. The molecule has 0 aromatic carbocycles. The Morgan fingerprint density at radius 3 is 2.73 bits per heavy atom. The lowest BCUT2D eigenvalue weighted by molar-refractivity contribution is 0.172. The lowest BCUT2D eigenvalue weighted by Gasteiger charge is -2.28. The van der Waals surface area contributed by atoms with Gasteiger partial charge in [0.2, 0.25) is 0 Å². The van der Waals surface area contributed by atoms with Gasteiger partial charge in [0.1, 0.15) is 0 Å². The van der Waals surface area contributed by atoms with Crippen molar-refractivity contribution in [1.82, 2.24) is 4.90 Å². The number of rotatable bonds is 5. The van der Waals surface area contributed by atoms with Crippen LogP contribution in [0.25, 0.3) is 0 Å². The van der Waals surface area contributed by atoms with Gasteiger partial charge in [0.05, 0.1) is 6.61 Å². The first-order valence-electron chi connectivity index (χ1n) is 6.10. The van der Waals surface area contributed by atoms with Gasteiger partial charge >= 0.3 is 0 Å². The summed E-state index contributed by atoms with van der Waals surface area (Å²) < 4.78 is 0. The highest BCUT2D eigenvalue weighted by Gasteiger charge is 2.36. The molecule has 0 aromatic rings. The molecule has 1 saturated carbocycles. The van der Waals surface area contributed by atoms with Gasteiger partial charge in [-0.05, 0) is 32.2 Å². The predicted octanol–water partition coefficient (Wildman–Crippen LogP) is 1.21. The fourth-order valence-electron chi connectivity index (χ4n) is 2.42. The lowest BCUT2D eigenvalue weighted by atomic mass is 10.00. The Labute approximate surface area is 93.6 Å². The SMILES string of the molecule is CCC(C)CN(C)C1CCC(N)(CO)C1. The van der Waals surface area contributed by atoms with Crippen LogP contribution >= 0.6 is 0 Å². The van der Waals surface area contributed by atoms with Crippen LogP contribution in [0.5, 0.6) is 0 Å². The number of aliphatic hydroxyl groups excluding tert-OH is 1. The molecule has 15 heavy (non-hydrogen) atoms. The van der Waals surface area contributed by atoms with E-state index >= 15 is 0 Å². The van der Waals surface area contributed by atoms with E-state index in [4.69, 9.17) is 5.73 Å². The van der Waals surface area contributed by atoms with Gasteiger partial charge in [0.25, 0.3) is 0 Å². The standard InChI is InChI=1S/C12H26N2O/c1-4-10(2)8-14(3)11-5-6-12(13,7-11)9-15/h10-11,15H,4-9,13H2,1-3H3. The normalized spacial score (nSPS) is 33.6. The van der Waals surface area contributed by atoms with Gasteiger partial charge in [0.15, 0.2) is 0 Å². The van der Waals surface area contributed by atoms with Crippen molar-refractivity contribution in [3.05, 3.63) is 0 Å². The molecule has 3 heteroatoms. The van der Waals surface area contributed by atoms with E-state index < -0.39 is 0 Å². The molecule has 3 unspecified atom stereocenters. The molecular weight excluding hydrogens is 188 g/mol. The van der Waals surface area contributed by atoms with Gasteiger partial charge in [-0.25, -0.2) is 0 Å². The van der Waals surface area contributed by atoms with Crippen LogP contribution < -0.4 is 5.73 Å². The van der Waals surface area contributed by atoms with Crippen LogP contribution in [0.1, 0.15) is 39.5 Å². The second kappa shape index (κ2) is 5.28. The molecule has 0 saturated heterocycles. The van der Waals surface area contributed by atoms with Crippen LogP contribution in [-0.4, -0.2) is 41.8 Å². The minimum atomic E-state index is -0.311. The van der Waals surface area contributed by atoms with Crippen molar-refractivity contribution in [3.8, 4) is 0 Å². The second-order valence-electron chi connectivity index (χ2n) is 5.37. The van der Waals surface area contributed by atoms with Crippen LogP contribution in [0.3, 0.4) is 0 Å². The maximum Gasteiger partial charge on any atom is 0.0611 e. The molecule has 1 aliphatic rings. The number of aliphatic hydroxyl groups is 1. The fourth-order valence-corrected chi connectivity index (χ4v) is 2.42. The van der Waals surface area contributed by atoms with Crippen molar-refractivity contribution < 1.29 is 5.11 Å². The number of nitrogens with zero attached hydrogens (tertiary/aromatic N) is 1. The molecule has 1 aliphatic carbocycles. The summed E-state index contributed by atoms with van der Waals surface area (Å²) in [6.45, 7) is 5.78. The Morgan fingerprint density at radius 1 is 1.60 bits per heavy atom. The Morgan fingerprint density at radius 2 is 2.27 bits per heavy atom. The van der Waals surface area contributed by atoms with E-state index in [0.717, 1.165) is 31.7 Å². The van der Waals surface area contributed by atoms with Crippen molar-refractivity contribution in [2.75, 3.05) is 20.2 Å². The second-order valence-corrected chi connectivity index (χ2v) is 5.37. The summed E-state index contributed by atoms with van der Waals surface area (Å²) in [5.41, 5.74) is 5.76. The minimum absolute atomic E-state index is 0.126. The van der Waals surface area contributed by atoms with Crippen molar-refractivity contribution in [2.24, 2.45) is 11.7 Å². The maximum atomic E-state index is 9.21. The zero-order chi connectivity index (χ0) is 11.5. The summed E-state index contributed by atoms with van der Waals surface area (Å²) in [6.07, 6.45) is 4.25. The van der Waals surface area contributed by atoms with Crippen LogP contribution in [0.4, 0.5) is 0 Å². The maximum absolute atomic E-state index is 9.21. The highest BCUT2D eigenvalue weighted by Crippen LogP contribution is 2.30. The third-order valence-corrected chi connectivity index (χ3v) is 3.85. The molecule has 0 radical (unpaired) electrons. The fraction of sp³-hybridized carbons (Fsp3) is 1.00. The molecule has 0 bridgehead atoms.